The van der Waals surface area contributed by atoms with E-state index in [2.05, 4.69) is 4.98 Å². The van der Waals surface area contributed by atoms with Crippen LogP contribution < -0.4 is 16.2 Å². The molecular formula is C17H17FN4O2S. The van der Waals surface area contributed by atoms with E-state index in [1.807, 2.05) is 11.8 Å². The van der Waals surface area contributed by atoms with E-state index in [0.717, 1.165) is 5.69 Å². The fourth-order valence-corrected chi connectivity index (χ4v) is 3.72. The quantitative estimate of drug-likeness (QED) is 0.757. The molecule has 130 valence electrons. The monoisotopic (exact) mass is 360 g/mol. The standard InChI is InChI=1S/C17H17FN4O2S/c1-3-21(13-6-4-11(18)5-7-13)9-12-8-14(23)22-15(16(19)24)10(2)25-17(22)20-12/h4-8H,3,9H2,1-2H3,(H2,19,24). The van der Waals surface area contributed by atoms with Gasteiger partial charge in [-0.2, -0.15) is 0 Å². The Labute approximate surface area is 147 Å². The van der Waals surface area contributed by atoms with Gasteiger partial charge in [0.1, 0.15) is 11.5 Å². The molecule has 3 rings (SSSR count). The molecule has 2 aromatic heterocycles. The van der Waals surface area contributed by atoms with E-state index in [0.29, 0.717) is 28.6 Å². The molecule has 8 heteroatoms. The van der Waals surface area contributed by atoms with E-state index >= 15 is 0 Å². The first-order valence-corrected chi connectivity index (χ1v) is 8.54. The number of nitrogens with zero attached hydrogens (tertiary/aromatic N) is 3. The van der Waals surface area contributed by atoms with E-state index < -0.39 is 5.91 Å². The van der Waals surface area contributed by atoms with Crippen LogP contribution in [0.2, 0.25) is 0 Å². The maximum Gasteiger partial charge on any atom is 0.266 e. The second kappa shape index (κ2) is 6.64. The van der Waals surface area contributed by atoms with E-state index in [4.69, 9.17) is 5.73 Å². The summed E-state index contributed by atoms with van der Waals surface area (Å²) in [6.45, 7) is 4.77. The molecule has 0 fully saturated rings. The van der Waals surface area contributed by atoms with Crippen LogP contribution in [0.5, 0.6) is 0 Å². The Morgan fingerprint density at radius 3 is 2.64 bits per heavy atom. The molecule has 0 atom stereocenters. The number of hydrogen-bond donors (Lipinski definition) is 1. The number of amides is 1. The molecule has 0 saturated heterocycles. The maximum absolute atomic E-state index is 13.1. The molecule has 6 nitrogen and oxygen atoms in total. The Hall–Kier alpha value is -2.74. The van der Waals surface area contributed by atoms with E-state index in [9.17, 15) is 14.0 Å². The lowest BCUT2D eigenvalue weighted by atomic mass is 10.2. The highest BCUT2D eigenvalue weighted by molar-refractivity contribution is 7.17. The van der Waals surface area contributed by atoms with Crippen LogP contribution in [-0.4, -0.2) is 21.8 Å². The lowest BCUT2D eigenvalue weighted by Gasteiger charge is -2.22. The molecule has 2 N–H and O–H groups in total. The van der Waals surface area contributed by atoms with E-state index in [1.54, 1.807) is 19.1 Å². The van der Waals surface area contributed by atoms with Gasteiger partial charge in [0.05, 0.1) is 12.2 Å². The minimum absolute atomic E-state index is 0.176. The van der Waals surface area contributed by atoms with Gasteiger partial charge in [0.15, 0.2) is 4.96 Å². The molecule has 3 aromatic rings. The van der Waals surface area contributed by atoms with Gasteiger partial charge in [-0.15, -0.1) is 11.3 Å². The molecule has 0 unspecified atom stereocenters. The average Bonchev–Trinajstić information content (AvgIpc) is 2.90. The molecule has 0 aliphatic heterocycles. The molecule has 2 heterocycles. The first kappa shape index (κ1) is 17.1. The summed E-state index contributed by atoms with van der Waals surface area (Å²) in [6.07, 6.45) is 0. The third-order valence-electron chi connectivity index (χ3n) is 3.90. The Balaban J connectivity index is 2.00. The van der Waals surface area contributed by atoms with Crippen molar-refractivity contribution in [2.45, 2.75) is 20.4 Å². The van der Waals surface area contributed by atoms with Crippen LogP contribution in [0.15, 0.2) is 35.1 Å². The highest BCUT2D eigenvalue weighted by atomic mass is 32.1. The Morgan fingerprint density at radius 1 is 1.36 bits per heavy atom. The van der Waals surface area contributed by atoms with Crippen molar-refractivity contribution in [3.05, 3.63) is 62.8 Å². The zero-order valence-corrected chi connectivity index (χ0v) is 14.6. The molecule has 0 aliphatic carbocycles. The first-order chi connectivity index (χ1) is 11.9. The molecule has 0 bridgehead atoms. The van der Waals surface area contributed by atoms with Crippen molar-refractivity contribution < 1.29 is 9.18 Å². The van der Waals surface area contributed by atoms with Crippen LogP contribution in [-0.2, 0) is 6.54 Å². The Bertz CT molecular complexity index is 994. The van der Waals surface area contributed by atoms with Gasteiger partial charge >= 0.3 is 0 Å². The summed E-state index contributed by atoms with van der Waals surface area (Å²) in [5, 5.41) is 0. The van der Waals surface area contributed by atoms with Gasteiger partial charge in [0.25, 0.3) is 11.5 Å². The predicted molar refractivity (Wildman–Crippen MR) is 95.7 cm³/mol. The minimum Gasteiger partial charge on any atom is -0.366 e. The van der Waals surface area contributed by atoms with Gasteiger partial charge in [-0.1, -0.05) is 0 Å². The van der Waals surface area contributed by atoms with Crippen molar-refractivity contribution in [1.82, 2.24) is 9.38 Å². The first-order valence-electron chi connectivity index (χ1n) is 7.73. The SMILES string of the molecule is CCN(Cc1cc(=O)n2c(C(N)=O)c(C)sc2n1)c1ccc(F)cc1. The van der Waals surface area contributed by atoms with Gasteiger partial charge in [0, 0.05) is 23.2 Å². The normalized spacial score (nSPS) is 11.0. The summed E-state index contributed by atoms with van der Waals surface area (Å²) in [6, 6.07) is 7.56. The molecule has 0 spiro atoms. The summed E-state index contributed by atoms with van der Waals surface area (Å²) in [5.74, 6) is -0.951. The van der Waals surface area contributed by atoms with Gasteiger partial charge < -0.3 is 10.6 Å². The fourth-order valence-electron chi connectivity index (χ4n) is 2.72. The number of carbonyl (C=O) groups excluding carboxylic acids is 1. The number of aryl methyl sites for hydroxylation is 1. The van der Waals surface area contributed by atoms with Crippen LogP contribution in [0.4, 0.5) is 10.1 Å². The summed E-state index contributed by atoms with van der Waals surface area (Å²) < 4.78 is 14.4. The van der Waals surface area contributed by atoms with Gasteiger partial charge in [-0.3, -0.25) is 9.59 Å². The number of hydrogen-bond acceptors (Lipinski definition) is 5. The molecule has 25 heavy (non-hydrogen) atoms. The Morgan fingerprint density at radius 2 is 2.04 bits per heavy atom. The highest BCUT2D eigenvalue weighted by Crippen LogP contribution is 2.21. The average molecular weight is 360 g/mol. The number of halogens is 1. The van der Waals surface area contributed by atoms with Gasteiger partial charge in [-0.05, 0) is 38.1 Å². The minimum atomic E-state index is -0.651. The number of benzene rings is 1. The number of nitrogens with two attached hydrogens (primary N) is 1. The van der Waals surface area contributed by atoms with Crippen molar-refractivity contribution in [1.29, 1.82) is 0 Å². The Kier molecular flexibility index (Phi) is 4.54. The molecule has 0 aliphatic rings. The van der Waals surface area contributed by atoms with Gasteiger partial charge in [-0.25, -0.2) is 13.8 Å². The third kappa shape index (κ3) is 3.25. The van der Waals surface area contributed by atoms with E-state index in [-0.39, 0.29) is 17.1 Å². The molecule has 1 amide bonds. The summed E-state index contributed by atoms with van der Waals surface area (Å²) in [7, 11) is 0. The molecule has 0 radical (unpaired) electrons. The fraction of sp³-hybridized carbons (Fsp3) is 0.235. The van der Waals surface area contributed by atoms with Crippen molar-refractivity contribution >= 4 is 27.9 Å². The summed E-state index contributed by atoms with van der Waals surface area (Å²) in [5.41, 5.74) is 6.62. The summed E-state index contributed by atoms with van der Waals surface area (Å²) >= 11 is 1.25. The van der Waals surface area contributed by atoms with Crippen molar-refractivity contribution in [2.75, 3.05) is 11.4 Å². The van der Waals surface area contributed by atoms with Crippen LogP contribution in [0.25, 0.3) is 4.96 Å². The molecule has 1 aromatic carbocycles. The zero-order chi connectivity index (χ0) is 18.1. The third-order valence-corrected chi connectivity index (χ3v) is 4.86. The van der Waals surface area contributed by atoms with Crippen LogP contribution in [0.3, 0.4) is 0 Å². The smallest absolute Gasteiger partial charge is 0.266 e. The number of rotatable bonds is 5. The molecular weight excluding hydrogens is 343 g/mol. The second-order valence-electron chi connectivity index (χ2n) is 5.57. The maximum atomic E-state index is 13.1. The van der Waals surface area contributed by atoms with Gasteiger partial charge in [0.2, 0.25) is 0 Å². The number of anilines is 1. The number of fused-ring (bicyclic) bond motifs is 1. The van der Waals surface area contributed by atoms with Crippen LogP contribution >= 0.6 is 11.3 Å². The largest absolute Gasteiger partial charge is 0.366 e. The van der Waals surface area contributed by atoms with Crippen LogP contribution in [0, 0.1) is 12.7 Å². The van der Waals surface area contributed by atoms with Crippen molar-refractivity contribution in [3.8, 4) is 0 Å². The van der Waals surface area contributed by atoms with Crippen molar-refractivity contribution in [3.63, 3.8) is 0 Å². The highest BCUT2D eigenvalue weighted by Gasteiger charge is 2.17. The van der Waals surface area contributed by atoms with E-state index in [1.165, 1.54) is 33.9 Å². The zero-order valence-electron chi connectivity index (χ0n) is 13.8. The lowest BCUT2D eigenvalue weighted by Crippen LogP contribution is -2.26. The topological polar surface area (TPSA) is 80.7 Å². The number of primary amides is 1. The predicted octanol–water partition coefficient (Wildman–Crippen LogP) is 2.33. The number of aromatic nitrogens is 2. The number of carbonyl (C=O) groups is 1. The number of thiazole rings is 1. The summed E-state index contributed by atoms with van der Waals surface area (Å²) in [4.78, 5) is 31.6. The van der Waals surface area contributed by atoms with Crippen molar-refractivity contribution in [2.24, 2.45) is 5.73 Å². The lowest BCUT2D eigenvalue weighted by molar-refractivity contribution is 0.0994. The molecule has 0 saturated carbocycles. The van der Waals surface area contributed by atoms with Crippen LogP contribution in [0.1, 0.15) is 28.0 Å². The second-order valence-corrected chi connectivity index (χ2v) is 6.75.